The molecule has 0 bridgehead atoms. The van der Waals surface area contributed by atoms with Crippen LogP contribution in [0, 0.1) is 11.7 Å². The molecule has 1 aromatic heterocycles. The molecule has 0 saturated carbocycles. The number of hydrogen-bond donors (Lipinski definition) is 2. The average Bonchev–Trinajstić information content (AvgIpc) is 3.18. The zero-order valence-corrected chi connectivity index (χ0v) is 16.4. The van der Waals surface area contributed by atoms with Crippen molar-refractivity contribution in [2.45, 2.75) is 51.5 Å². The first-order valence-electron chi connectivity index (χ1n) is 9.74. The largest absolute Gasteiger partial charge is 0.427 e. The Balaban J connectivity index is 2.18. The summed E-state index contributed by atoms with van der Waals surface area (Å²) in [6.45, 7) is 2.25. The highest BCUT2D eigenvalue weighted by Gasteiger charge is 2.37. The zero-order valence-electron chi connectivity index (χ0n) is 16.4. The second-order valence-corrected chi connectivity index (χ2v) is 7.11. The van der Waals surface area contributed by atoms with E-state index < -0.39 is 23.7 Å². The smallest absolute Gasteiger partial charge is 0.270 e. The van der Waals surface area contributed by atoms with Gasteiger partial charge in [0.2, 0.25) is 12.3 Å². The van der Waals surface area contributed by atoms with Crippen LogP contribution < -0.4 is 5.49 Å². The molecule has 160 valence electrons. The zero-order chi connectivity index (χ0) is 21.4. The van der Waals surface area contributed by atoms with Crippen LogP contribution in [0.25, 0.3) is 0 Å². The van der Waals surface area contributed by atoms with Gasteiger partial charge in [-0.15, -0.1) is 0 Å². The molecule has 0 aliphatic carbocycles. The minimum atomic E-state index is -0.801. The molecule has 9 nitrogen and oxygen atoms in total. The van der Waals surface area contributed by atoms with Gasteiger partial charge in [0.15, 0.2) is 5.49 Å². The van der Waals surface area contributed by atoms with E-state index in [1.165, 1.54) is 4.90 Å². The van der Waals surface area contributed by atoms with Crippen LogP contribution in [0.1, 0.15) is 45.4 Å². The number of aromatic nitrogens is 1. The molecule has 1 saturated heterocycles. The molecule has 0 aromatic carbocycles. The summed E-state index contributed by atoms with van der Waals surface area (Å²) in [5, 5.41) is 19.7. The lowest BCUT2D eigenvalue weighted by molar-refractivity contribution is -0.157. The maximum absolute atomic E-state index is 13.1. The summed E-state index contributed by atoms with van der Waals surface area (Å²) in [5.74, 6) is -2.24. The molecule has 2 N–H and O–H groups in total. The van der Waals surface area contributed by atoms with Crippen molar-refractivity contribution in [2.75, 3.05) is 13.1 Å². The van der Waals surface area contributed by atoms with Gasteiger partial charge in [0.25, 0.3) is 5.91 Å². The lowest BCUT2D eigenvalue weighted by Gasteiger charge is -2.28. The molecule has 1 aromatic rings. The third kappa shape index (κ3) is 6.11. The minimum Gasteiger partial charge on any atom is -0.427 e. The second-order valence-electron chi connectivity index (χ2n) is 7.11. The predicted molar refractivity (Wildman–Crippen MR) is 99.1 cm³/mol. The number of amides is 3. The SMILES string of the molecule is CCCCC[C@H](CN(O)C=O)C(=O)N1CCC[C@H]1C(=O)N=c1ccc(F)cn1O. The van der Waals surface area contributed by atoms with Crippen molar-refractivity contribution in [3.05, 3.63) is 29.6 Å². The van der Waals surface area contributed by atoms with Crippen LogP contribution in [0.3, 0.4) is 0 Å². The Bertz CT molecular complexity index is 797. The van der Waals surface area contributed by atoms with Crippen molar-refractivity contribution in [1.82, 2.24) is 14.7 Å². The highest BCUT2D eigenvalue weighted by Crippen LogP contribution is 2.23. The van der Waals surface area contributed by atoms with Crippen LogP contribution in [-0.4, -0.2) is 62.5 Å². The van der Waals surface area contributed by atoms with Gasteiger partial charge in [-0.25, -0.2) is 9.45 Å². The summed E-state index contributed by atoms with van der Waals surface area (Å²) in [6, 6.07) is 1.43. The number of hydroxylamine groups is 2. The first-order valence-corrected chi connectivity index (χ1v) is 9.74. The monoisotopic (exact) mass is 410 g/mol. The van der Waals surface area contributed by atoms with E-state index in [0.717, 1.165) is 37.6 Å². The molecule has 1 fully saturated rings. The number of hydrogen-bond acceptors (Lipinski definition) is 5. The van der Waals surface area contributed by atoms with E-state index in [1.807, 2.05) is 6.92 Å². The summed E-state index contributed by atoms with van der Waals surface area (Å²) in [6.07, 6.45) is 5.17. The van der Waals surface area contributed by atoms with Crippen LogP contribution in [0.5, 0.6) is 0 Å². The average molecular weight is 410 g/mol. The molecule has 0 unspecified atom stereocenters. The second kappa shape index (κ2) is 10.7. The first-order chi connectivity index (χ1) is 13.9. The minimum absolute atomic E-state index is 0.141. The number of likely N-dealkylation sites (tertiary alicyclic amines) is 1. The standard InChI is InChI=1S/C19H27FN4O5/c1-2-3-4-6-14(11-22(28)13-25)19(27)23-10-5-7-16(23)18(26)21-17-9-8-15(20)12-24(17)29/h8-9,12-14,16,28-29H,2-7,10-11H2,1H3/t14-,16+/m1/s1. The number of nitrogens with zero attached hydrogens (tertiary/aromatic N) is 4. The molecule has 3 amide bonds. The van der Waals surface area contributed by atoms with Crippen LogP contribution in [0.2, 0.25) is 0 Å². The summed E-state index contributed by atoms with van der Waals surface area (Å²) < 4.78 is 13.5. The number of halogens is 1. The Morgan fingerprint density at radius 2 is 2.17 bits per heavy atom. The topological polar surface area (TPSA) is 115 Å². The van der Waals surface area contributed by atoms with Gasteiger partial charge >= 0.3 is 0 Å². The molecule has 0 radical (unpaired) electrons. The van der Waals surface area contributed by atoms with Gasteiger partial charge in [-0.05, 0) is 31.4 Å². The number of carbonyl (C=O) groups is 3. The number of unbranched alkanes of at least 4 members (excludes halogenated alkanes) is 2. The number of pyridine rings is 1. The molecule has 2 rings (SSSR count). The van der Waals surface area contributed by atoms with Crippen LogP contribution in [0.15, 0.2) is 23.3 Å². The van der Waals surface area contributed by atoms with E-state index >= 15 is 0 Å². The fourth-order valence-corrected chi connectivity index (χ4v) is 3.46. The van der Waals surface area contributed by atoms with E-state index in [1.54, 1.807) is 0 Å². The van der Waals surface area contributed by atoms with Gasteiger partial charge < -0.3 is 10.1 Å². The van der Waals surface area contributed by atoms with Gasteiger partial charge in [0.05, 0.1) is 18.7 Å². The maximum Gasteiger partial charge on any atom is 0.270 e. The Kier molecular flexibility index (Phi) is 8.32. The first kappa shape index (κ1) is 22.5. The van der Waals surface area contributed by atoms with Crippen molar-refractivity contribution in [3.8, 4) is 0 Å². The van der Waals surface area contributed by atoms with Crippen molar-refractivity contribution < 1.29 is 29.2 Å². The van der Waals surface area contributed by atoms with Gasteiger partial charge in [-0.2, -0.15) is 9.72 Å². The van der Waals surface area contributed by atoms with E-state index in [0.29, 0.717) is 35.6 Å². The number of rotatable bonds is 9. The number of carbonyl (C=O) groups excluding carboxylic acids is 3. The summed E-state index contributed by atoms with van der Waals surface area (Å²) in [7, 11) is 0. The highest BCUT2D eigenvalue weighted by molar-refractivity contribution is 5.89. The summed E-state index contributed by atoms with van der Waals surface area (Å²) in [4.78, 5) is 41.7. The van der Waals surface area contributed by atoms with Gasteiger partial charge in [0, 0.05) is 6.54 Å². The summed E-state index contributed by atoms with van der Waals surface area (Å²) in [5.41, 5.74) is -0.141. The van der Waals surface area contributed by atoms with Gasteiger partial charge in [-0.1, -0.05) is 26.2 Å². The molecular formula is C19H27FN4O5. The lowest BCUT2D eigenvalue weighted by atomic mass is 9.99. The Morgan fingerprint density at radius 3 is 2.83 bits per heavy atom. The Labute approximate surface area is 168 Å². The summed E-state index contributed by atoms with van der Waals surface area (Å²) >= 11 is 0. The fraction of sp³-hybridized carbons (Fsp3) is 0.579. The van der Waals surface area contributed by atoms with Crippen molar-refractivity contribution in [2.24, 2.45) is 10.9 Å². The molecule has 10 heteroatoms. The Morgan fingerprint density at radius 1 is 1.41 bits per heavy atom. The quantitative estimate of drug-likeness (QED) is 0.209. The van der Waals surface area contributed by atoms with Crippen LogP contribution in [-0.2, 0) is 14.4 Å². The van der Waals surface area contributed by atoms with Gasteiger partial charge in [-0.3, -0.25) is 19.6 Å². The van der Waals surface area contributed by atoms with Crippen LogP contribution >= 0.6 is 0 Å². The molecule has 29 heavy (non-hydrogen) atoms. The van der Waals surface area contributed by atoms with E-state index in [-0.39, 0.29) is 24.3 Å². The predicted octanol–water partition coefficient (Wildman–Crippen LogP) is 1.33. The molecular weight excluding hydrogens is 383 g/mol. The van der Waals surface area contributed by atoms with E-state index in [9.17, 15) is 29.2 Å². The molecule has 2 atom stereocenters. The fourth-order valence-electron chi connectivity index (χ4n) is 3.46. The third-order valence-corrected chi connectivity index (χ3v) is 4.95. The third-order valence-electron chi connectivity index (χ3n) is 4.95. The van der Waals surface area contributed by atoms with Gasteiger partial charge in [0.1, 0.15) is 11.9 Å². The van der Waals surface area contributed by atoms with Crippen molar-refractivity contribution in [1.29, 1.82) is 0 Å². The molecule has 1 aliphatic heterocycles. The van der Waals surface area contributed by atoms with E-state index in [4.69, 9.17) is 0 Å². The van der Waals surface area contributed by atoms with Crippen molar-refractivity contribution >= 4 is 18.2 Å². The van der Waals surface area contributed by atoms with Crippen LogP contribution in [0.4, 0.5) is 4.39 Å². The molecule has 0 spiro atoms. The molecule has 1 aliphatic rings. The van der Waals surface area contributed by atoms with E-state index in [2.05, 4.69) is 4.99 Å². The maximum atomic E-state index is 13.1. The highest BCUT2D eigenvalue weighted by atomic mass is 19.1. The normalized spacial score (nSPS) is 18.0. The Hall–Kier alpha value is -2.75. The molecule has 2 heterocycles. The lowest BCUT2D eigenvalue weighted by Crippen LogP contribution is -2.46. The van der Waals surface area contributed by atoms with Crippen molar-refractivity contribution in [3.63, 3.8) is 0 Å².